The first-order valence-corrected chi connectivity index (χ1v) is 21.2. The maximum Gasteiger partial charge on any atom is -0.0131 e. The van der Waals surface area contributed by atoms with Crippen molar-refractivity contribution in [3.05, 3.63) is 144 Å². The smallest absolute Gasteiger partial charge is 0.0131 e. The Morgan fingerprint density at radius 1 is 0.500 bits per heavy atom. The van der Waals surface area contributed by atoms with E-state index in [2.05, 4.69) is 186 Å². The van der Waals surface area contributed by atoms with Crippen LogP contribution in [0, 0.1) is 0 Å². The summed E-state index contributed by atoms with van der Waals surface area (Å²) in [5, 5.41) is 0. The summed E-state index contributed by atoms with van der Waals surface area (Å²) in [6.45, 7) is 21.4. The van der Waals surface area contributed by atoms with Gasteiger partial charge in [0.1, 0.15) is 0 Å². The summed E-state index contributed by atoms with van der Waals surface area (Å²) in [7, 11) is 0. The summed E-state index contributed by atoms with van der Waals surface area (Å²) in [6, 6.07) is 44.1. The molecule has 274 valence electrons. The van der Waals surface area contributed by atoms with E-state index < -0.39 is 20.9 Å². The van der Waals surface area contributed by atoms with Crippen LogP contribution in [-0.4, -0.2) is 32.6 Å². The maximum absolute atomic E-state index is 6.71. The predicted molar refractivity (Wildman–Crippen MR) is 229 cm³/mol. The molecule has 6 heteroatoms. The first-order valence-electron chi connectivity index (χ1n) is 18.9. The fourth-order valence-corrected chi connectivity index (χ4v) is 10.1. The summed E-state index contributed by atoms with van der Waals surface area (Å²) in [6.07, 6.45) is 1.86. The van der Waals surface area contributed by atoms with E-state index in [1.165, 1.54) is 46.7 Å². The Balaban J connectivity index is 1.16. The van der Waals surface area contributed by atoms with Crippen molar-refractivity contribution in [2.75, 3.05) is 21.4 Å². The first-order chi connectivity index (χ1) is 25.6. The Morgan fingerprint density at radius 3 is 1.87 bits per heavy atom. The van der Waals surface area contributed by atoms with Crippen molar-refractivity contribution in [3.63, 3.8) is 0 Å². The second-order valence-electron chi connectivity index (χ2n) is 17.5. The SMILES string of the molecule is CC(C)(C)c1cc(N2CN(c3cccc(Oc4ccc5c(c4)N(c4ccccn4)c4ccccc4[Te]5)c3)c3ccc(C(C)(C)C)cc32)cc(C(C)(C)C)c1. The Hall–Kier alpha value is -4.76. The number of aromatic nitrogens is 1. The molecule has 0 radical (unpaired) electrons. The molecular formula is C48H50N4OTe. The van der Waals surface area contributed by atoms with Crippen molar-refractivity contribution in [2.24, 2.45) is 0 Å². The topological polar surface area (TPSA) is 31.8 Å². The molecule has 0 saturated heterocycles. The zero-order chi connectivity index (χ0) is 38.0. The molecule has 5 aromatic carbocycles. The van der Waals surface area contributed by atoms with Gasteiger partial charge in [-0.1, -0.05) is 68.4 Å². The number of para-hydroxylation sites is 1. The molecule has 2 aliphatic rings. The van der Waals surface area contributed by atoms with E-state index in [0.717, 1.165) is 28.7 Å². The average Bonchev–Trinajstić information content (AvgIpc) is 3.52. The standard InChI is InChI=1S/C48H50N4OTe/c1-46(2,3)32-20-22-39-41(28-32)51(36-26-33(47(4,5)6)25-34(27-36)48(7,8)9)31-50(39)35-15-14-16-37(29-35)53-38-21-23-44-42(30-38)52(45-19-12-13-24-49-45)40-17-10-11-18-43(40)54-44/h10-30H,31H2,1-9H3. The molecule has 0 bridgehead atoms. The van der Waals surface area contributed by atoms with Crippen molar-refractivity contribution in [3.8, 4) is 11.5 Å². The molecular weight excluding hydrogens is 776 g/mol. The number of rotatable bonds is 5. The van der Waals surface area contributed by atoms with Crippen molar-refractivity contribution in [2.45, 2.75) is 78.6 Å². The van der Waals surface area contributed by atoms with Gasteiger partial charge in [0.05, 0.1) is 0 Å². The number of fused-ring (bicyclic) bond motifs is 3. The number of anilines is 7. The van der Waals surface area contributed by atoms with Gasteiger partial charge in [-0.25, -0.2) is 0 Å². The van der Waals surface area contributed by atoms with Gasteiger partial charge in [0, 0.05) is 0 Å². The van der Waals surface area contributed by atoms with E-state index in [0.29, 0.717) is 6.67 Å². The second-order valence-corrected chi connectivity index (χ2v) is 20.6. The second kappa shape index (κ2) is 13.5. The van der Waals surface area contributed by atoms with Gasteiger partial charge in [0.2, 0.25) is 0 Å². The fraction of sp³-hybridized carbons (Fsp3) is 0.271. The molecule has 0 unspecified atom stereocenters. The molecule has 0 amide bonds. The fourth-order valence-electron chi connectivity index (χ4n) is 7.18. The predicted octanol–water partition coefficient (Wildman–Crippen LogP) is 11.5. The zero-order valence-corrected chi connectivity index (χ0v) is 35.3. The Kier molecular flexibility index (Phi) is 9.07. The van der Waals surface area contributed by atoms with E-state index in [1.54, 1.807) is 0 Å². The summed E-state index contributed by atoms with van der Waals surface area (Å²) in [5.41, 5.74) is 11.2. The molecule has 0 aliphatic carbocycles. The van der Waals surface area contributed by atoms with Gasteiger partial charge in [-0.3, -0.25) is 0 Å². The van der Waals surface area contributed by atoms with Crippen LogP contribution >= 0.6 is 0 Å². The van der Waals surface area contributed by atoms with Crippen molar-refractivity contribution in [1.29, 1.82) is 0 Å². The molecule has 0 saturated carbocycles. The minimum Gasteiger partial charge on any atom is -0.0561 e. The summed E-state index contributed by atoms with van der Waals surface area (Å²) >= 11 is -0.562. The zero-order valence-electron chi connectivity index (χ0n) is 32.9. The number of ether oxygens (including phenoxy) is 1. The number of nitrogens with zero attached hydrogens (tertiary/aromatic N) is 4. The van der Waals surface area contributed by atoms with Crippen molar-refractivity contribution in [1.82, 2.24) is 4.98 Å². The molecule has 0 spiro atoms. The van der Waals surface area contributed by atoms with Crippen LogP contribution in [0.4, 0.5) is 39.9 Å². The Morgan fingerprint density at radius 2 is 1.17 bits per heavy atom. The van der Waals surface area contributed by atoms with Gasteiger partial charge in [-0.05, 0) is 45.1 Å². The van der Waals surface area contributed by atoms with E-state index in [9.17, 15) is 0 Å². The molecule has 8 rings (SSSR count). The number of hydrogen-bond acceptors (Lipinski definition) is 5. The Labute approximate surface area is 331 Å². The van der Waals surface area contributed by atoms with E-state index >= 15 is 0 Å². The third-order valence-corrected chi connectivity index (χ3v) is 13.6. The van der Waals surface area contributed by atoms with Crippen LogP contribution in [0.3, 0.4) is 0 Å². The molecule has 0 N–H and O–H groups in total. The minimum absolute atomic E-state index is 0.0218. The van der Waals surface area contributed by atoms with Crippen molar-refractivity contribution >= 4 is 68.1 Å². The Bertz CT molecular complexity index is 2320. The number of pyridine rings is 1. The quantitative estimate of drug-likeness (QED) is 0.161. The summed E-state index contributed by atoms with van der Waals surface area (Å²) < 4.78 is 9.50. The van der Waals surface area contributed by atoms with Crippen LogP contribution < -0.4 is 26.7 Å². The summed E-state index contributed by atoms with van der Waals surface area (Å²) in [5.74, 6) is 2.53. The number of hydrogen-bond donors (Lipinski definition) is 0. The van der Waals surface area contributed by atoms with Gasteiger partial charge < -0.3 is 0 Å². The first kappa shape index (κ1) is 36.2. The number of benzene rings is 5. The van der Waals surface area contributed by atoms with Crippen LogP contribution in [0.2, 0.25) is 0 Å². The third-order valence-electron chi connectivity index (χ3n) is 10.4. The van der Waals surface area contributed by atoms with Gasteiger partial charge >= 0.3 is 220 Å². The normalized spacial score (nSPS) is 14.1. The van der Waals surface area contributed by atoms with Crippen LogP contribution in [0.5, 0.6) is 11.5 Å². The molecule has 0 fully saturated rings. The average molecular weight is 827 g/mol. The molecule has 3 heterocycles. The van der Waals surface area contributed by atoms with Gasteiger partial charge in [0.15, 0.2) is 0 Å². The molecule has 0 atom stereocenters. The summed E-state index contributed by atoms with van der Waals surface area (Å²) in [4.78, 5) is 12.0. The largest absolute Gasteiger partial charge is 0.0561 e. The third kappa shape index (κ3) is 6.99. The molecule has 54 heavy (non-hydrogen) atoms. The minimum atomic E-state index is -0.562. The van der Waals surface area contributed by atoms with Gasteiger partial charge in [-0.15, -0.1) is 0 Å². The van der Waals surface area contributed by atoms with Crippen molar-refractivity contribution < 1.29 is 4.74 Å². The van der Waals surface area contributed by atoms with Gasteiger partial charge in [0.25, 0.3) is 0 Å². The van der Waals surface area contributed by atoms with E-state index in [1.807, 2.05) is 18.3 Å². The van der Waals surface area contributed by atoms with Crippen LogP contribution in [0.25, 0.3) is 0 Å². The molecule has 5 nitrogen and oxygen atoms in total. The monoisotopic (exact) mass is 828 g/mol. The molecule has 6 aromatic rings. The van der Waals surface area contributed by atoms with Crippen LogP contribution in [0.1, 0.15) is 79.0 Å². The molecule has 1 aromatic heterocycles. The molecule has 2 aliphatic heterocycles. The van der Waals surface area contributed by atoms with Gasteiger partial charge in [-0.2, -0.15) is 0 Å². The van der Waals surface area contributed by atoms with E-state index in [-0.39, 0.29) is 16.2 Å². The van der Waals surface area contributed by atoms with Crippen LogP contribution in [-0.2, 0) is 16.2 Å². The van der Waals surface area contributed by atoms with Crippen LogP contribution in [0.15, 0.2) is 128 Å². The van der Waals surface area contributed by atoms with E-state index in [4.69, 9.17) is 9.72 Å². The maximum atomic E-state index is 6.71.